The molecule has 1 heterocycles. The van der Waals surface area contributed by atoms with E-state index in [0.717, 1.165) is 12.1 Å². The first-order chi connectivity index (χ1) is 12.7. The Balaban J connectivity index is 2.15. The first-order valence-corrected chi connectivity index (χ1v) is 8.63. The van der Waals surface area contributed by atoms with Crippen LogP contribution in [0, 0.1) is 0 Å². The second-order valence-corrected chi connectivity index (χ2v) is 6.27. The maximum Gasteiger partial charge on any atom is 0.419 e. The molecule has 1 fully saturated rings. The van der Waals surface area contributed by atoms with Crippen LogP contribution >= 0.6 is 0 Å². The molecule has 0 bridgehead atoms. The average Bonchev–Trinajstić information content (AvgIpc) is 2.62. The number of hydrogen-bond donors (Lipinski definition) is 1. The molecule has 1 N–H and O–H groups in total. The second kappa shape index (κ2) is 9.07. The molecule has 1 amide bonds. The van der Waals surface area contributed by atoms with Crippen LogP contribution in [0.1, 0.15) is 31.7 Å². The number of amides is 1. The van der Waals surface area contributed by atoms with Gasteiger partial charge in [0.2, 0.25) is 0 Å². The molecule has 1 saturated heterocycles. The fourth-order valence-corrected chi connectivity index (χ4v) is 2.96. The van der Waals surface area contributed by atoms with Crippen LogP contribution in [0.4, 0.5) is 13.2 Å². The van der Waals surface area contributed by atoms with Gasteiger partial charge in [-0.2, -0.15) is 13.2 Å². The molecule has 150 valence electrons. The minimum absolute atomic E-state index is 0.0343. The van der Waals surface area contributed by atoms with Gasteiger partial charge >= 0.3 is 12.1 Å². The lowest BCUT2D eigenvalue weighted by atomic mass is 10.1. The highest BCUT2D eigenvalue weighted by molar-refractivity contribution is 5.81. The van der Waals surface area contributed by atoms with Crippen molar-refractivity contribution < 1.29 is 37.3 Å². The van der Waals surface area contributed by atoms with Gasteiger partial charge in [-0.1, -0.05) is 12.1 Å². The summed E-state index contributed by atoms with van der Waals surface area (Å²) in [5.74, 6) is -2.04. The van der Waals surface area contributed by atoms with Gasteiger partial charge in [-0.3, -0.25) is 9.59 Å². The molecule has 0 spiro atoms. The van der Waals surface area contributed by atoms with Crippen molar-refractivity contribution in [3.63, 3.8) is 0 Å². The van der Waals surface area contributed by atoms with Gasteiger partial charge in [0.05, 0.1) is 12.0 Å². The van der Waals surface area contributed by atoms with E-state index in [-0.39, 0.29) is 19.0 Å². The Kier molecular flexibility index (Phi) is 7.06. The summed E-state index contributed by atoms with van der Waals surface area (Å²) in [6.07, 6.45) is -4.97. The van der Waals surface area contributed by atoms with Crippen LogP contribution in [0.15, 0.2) is 24.3 Å². The first-order valence-electron chi connectivity index (χ1n) is 8.63. The number of carboxylic acids is 1. The van der Waals surface area contributed by atoms with Gasteiger partial charge in [0.25, 0.3) is 5.91 Å². The van der Waals surface area contributed by atoms with E-state index in [1.54, 1.807) is 0 Å². The Morgan fingerprint density at radius 3 is 2.52 bits per heavy atom. The summed E-state index contributed by atoms with van der Waals surface area (Å²) < 4.78 is 49.9. The third-order valence-corrected chi connectivity index (χ3v) is 4.33. The molecule has 2 rings (SSSR count). The lowest BCUT2D eigenvalue weighted by molar-refractivity contribution is -0.147. The molecule has 1 atom stereocenters. The van der Waals surface area contributed by atoms with Crippen LogP contribution in [0.25, 0.3) is 0 Å². The highest BCUT2D eigenvalue weighted by Gasteiger charge is 2.36. The number of alkyl halides is 3. The van der Waals surface area contributed by atoms with Crippen molar-refractivity contribution in [1.82, 2.24) is 4.90 Å². The standard InChI is InChI=1S/C18H22F3NO5/c1-12(27-15-5-3-2-4-14(15)18(19,20)21)17(25)22(9-6-16(23)24)13-7-10-26-11-8-13/h2-5,12-13H,6-11H2,1H3,(H,23,24)/t12-/m0/s1. The highest BCUT2D eigenvalue weighted by Crippen LogP contribution is 2.36. The normalized spacial score (nSPS) is 16.6. The molecule has 9 heteroatoms. The van der Waals surface area contributed by atoms with Gasteiger partial charge in [-0.25, -0.2) is 0 Å². The van der Waals surface area contributed by atoms with Crippen LogP contribution in [-0.2, 0) is 20.5 Å². The van der Waals surface area contributed by atoms with Gasteiger partial charge in [0, 0.05) is 25.8 Å². The number of carbonyl (C=O) groups excluding carboxylic acids is 1. The average molecular weight is 389 g/mol. The Hall–Kier alpha value is -2.29. The molecule has 0 aliphatic carbocycles. The fraction of sp³-hybridized carbons (Fsp3) is 0.556. The zero-order chi connectivity index (χ0) is 20.0. The van der Waals surface area contributed by atoms with E-state index in [0.29, 0.717) is 26.1 Å². The van der Waals surface area contributed by atoms with Crippen molar-refractivity contribution >= 4 is 11.9 Å². The number of rotatable bonds is 7. The molecule has 6 nitrogen and oxygen atoms in total. The van der Waals surface area contributed by atoms with Crippen LogP contribution in [0.5, 0.6) is 5.75 Å². The Morgan fingerprint density at radius 2 is 1.93 bits per heavy atom. The maximum absolute atomic E-state index is 13.1. The number of ether oxygens (including phenoxy) is 2. The monoisotopic (exact) mass is 389 g/mol. The van der Waals surface area contributed by atoms with Crippen molar-refractivity contribution in [2.75, 3.05) is 19.8 Å². The van der Waals surface area contributed by atoms with E-state index >= 15 is 0 Å². The molecule has 0 radical (unpaired) electrons. The summed E-state index contributed by atoms with van der Waals surface area (Å²) >= 11 is 0. The number of hydrogen-bond acceptors (Lipinski definition) is 4. The van der Waals surface area contributed by atoms with Gasteiger partial charge in [0.15, 0.2) is 6.10 Å². The van der Waals surface area contributed by atoms with Crippen LogP contribution in [-0.4, -0.2) is 53.8 Å². The van der Waals surface area contributed by atoms with E-state index in [2.05, 4.69) is 0 Å². The van der Waals surface area contributed by atoms with Crippen LogP contribution < -0.4 is 4.74 Å². The summed E-state index contributed by atoms with van der Waals surface area (Å²) in [5, 5.41) is 8.92. The van der Waals surface area contributed by atoms with E-state index in [9.17, 15) is 22.8 Å². The number of para-hydroxylation sites is 1. The van der Waals surface area contributed by atoms with E-state index in [4.69, 9.17) is 14.6 Å². The Morgan fingerprint density at radius 1 is 1.30 bits per heavy atom. The quantitative estimate of drug-likeness (QED) is 0.776. The predicted octanol–water partition coefficient (Wildman–Crippen LogP) is 2.96. The van der Waals surface area contributed by atoms with Gasteiger partial charge < -0.3 is 19.5 Å². The molecule has 1 aliphatic heterocycles. The van der Waals surface area contributed by atoms with Crippen molar-refractivity contribution in [3.05, 3.63) is 29.8 Å². The number of halogens is 3. The summed E-state index contributed by atoms with van der Waals surface area (Å²) in [7, 11) is 0. The predicted molar refractivity (Wildman–Crippen MR) is 89.3 cm³/mol. The molecule has 0 aromatic heterocycles. The summed E-state index contributed by atoms with van der Waals surface area (Å²) in [6.45, 7) is 2.21. The molecular weight excluding hydrogens is 367 g/mol. The first kappa shape index (κ1) is 21.0. The van der Waals surface area contributed by atoms with Gasteiger partial charge in [0.1, 0.15) is 5.75 Å². The molecule has 0 unspecified atom stereocenters. The smallest absolute Gasteiger partial charge is 0.419 e. The minimum Gasteiger partial charge on any atom is -0.481 e. The van der Waals surface area contributed by atoms with E-state index in [1.807, 2.05) is 0 Å². The third-order valence-electron chi connectivity index (χ3n) is 4.33. The van der Waals surface area contributed by atoms with Crippen LogP contribution in [0.2, 0.25) is 0 Å². The Bertz CT molecular complexity index is 659. The molecule has 27 heavy (non-hydrogen) atoms. The summed E-state index contributed by atoms with van der Waals surface area (Å²) in [6, 6.07) is 4.44. The molecule has 1 aromatic carbocycles. The van der Waals surface area contributed by atoms with E-state index in [1.165, 1.54) is 24.0 Å². The van der Waals surface area contributed by atoms with Crippen LogP contribution in [0.3, 0.4) is 0 Å². The Labute approximate surface area is 154 Å². The van der Waals surface area contributed by atoms with Crippen molar-refractivity contribution in [1.29, 1.82) is 0 Å². The summed E-state index contributed by atoms with van der Waals surface area (Å²) in [5.41, 5.74) is -0.965. The van der Waals surface area contributed by atoms with Crippen molar-refractivity contribution in [2.24, 2.45) is 0 Å². The number of carbonyl (C=O) groups is 2. The number of carboxylic acid groups (broad SMARTS) is 1. The number of nitrogens with zero attached hydrogens (tertiary/aromatic N) is 1. The zero-order valence-corrected chi connectivity index (χ0v) is 14.9. The largest absolute Gasteiger partial charge is 0.481 e. The molecule has 0 saturated carbocycles. The maximum atomic E-state index is 13.1. The van der Waals surface area contributed by atoms with E-state index < -0.39 is 35.5 Å². The molecule has 1 aliphatic rings. The highest BCUT2D eigenvalue weighted by atomic mass is 19.4. The third kappa shape index (κ3) is 5.85. The number of benzene rings is 1. The minimum atomic E-state index is -4.61. The fourth-order valence-electron chi connectivity index (χ4n) is 2.96. The van der Waals surface area contributed by atoms with Gasteiger partial charge in [-0.05, 0) is 31.9 Å². The number of aliphatic carboxylic acids is 1. The second-order valence-electron chi connectivity index (χ2n) is 6.27. The topological polar surface area (TPSA) is 76.1 Å². The van der Waals surface area contributed by atoms with Gasteiger partial charge in [-0.15, -0.1) is 0 Å². The molecule has 1 aromatic rings. The SMILES string of the molecule is C[C@H](Oc1ccccc1C(F)(F)F)C(=O)N(CCC(=O)O)C1CCOCC1. The van der Waals surface area contributed by atoms with Crippen molar-refractivity contribution in [2.45, 2.75) is 44.5 Å². The zero-order valence-electron chi connectivity index (χ0n) is 14.9. The molecular formula is C18H22F3NO5. The summed E-state index contributed by atoms with van der Waals surface area (Å²) in [4.78, 5) is 25.1. The van der Waals surface area contributed by atoms with Crippen molar-refractivity contribution in [3.8, 4) is 5.75 Å². The lowest BCUT2D eigenvalue weighted by Gasteiger charge is -2.35. The lowest BCUT2D eigenvalue weighted by Crippen LogP contribution is -2.49.